The quantitative estimate of drug-likeness (QED) is 0.781. The first-order chi connectivity index (χ1) is 9.83. The van der Waals surface area contributed by atoms with Crippen molar-refractivity contribution in [3.05, 3.63) is 41.5 Å². The number of rotatable bonds is 6. The van der Waals surface area contributed by atoms with Gasteiger partial charge in [0, 0.05) is 30.6 Å². The lowest BCUT2D eigenvalue weighted by atomic mass is 9.92. The molecule has 0 bridgehead atoms. The van der Waals surface area contributed by atoms with Gasteiger partial charge >= 0.3 is 0 Å². The van der Waals surface area contributed by atoms with Crippen LogP contribution >= 0.6 is 0 Å². The number of carbonyl (C=O) groups is 1. The number of likely N-dealkylation sites (N-methyl/N-ethyl adjacent to an activating group) is 1. The maximum absolute atomic E-state index is 13.4. The Balaban J connectivity index is 2.79. The number of hydrogen-bond acceptors (Lipinski definition) is 3. The Morgan fingerprint density at radius 3 is 2.29 bits per heavy atom. The van der Waals surface area contributed by atoms with Gasteiger partial charge in [0.2, 0.25) is 5.91 Å². The van der Waals surface area contributed by atoms with Crippen molar-refractivity contribution in [2.24, 2.45) is 5.41 Å². The van der Waals surface area contributed by atoms with Crippen molar-refractivity contribution >= 4 is 12.0 Å². The highest BCUT2D eigenvalue weighted by Gasteiger charge is 2.25. The number of nitrogens with zero attached hydrogens (tertiary/aromatic N) is 1. The van der Waals surface area contributed by atoms with Crippen LogP contribution in [-0.4, -0.2) is 47.8 Å². The maximum atomic E-state index is 13.4. The highest BCUT2D eigenvalue weighted by atomic mass is 19.1. The fourth-order valence-electron chi connectivity index (χ4n) is 1.75. The smallest absolute Gasteiger partial charge is 0.246 e. The van der Waals surface area contributed by atoms with Crippen LogP contribution in [0.1, 0.15) is 12.5 Å². The molecule has 0 aliphatic carbocycles. The van der Waals surface area contributed by atoms with E-state index < -0.39 is 23.0 Å². The summed E-state index contributed by atoms with van der Waals surface area (Å²) in [7, 11) is 1.48. The number of aliphatic hydroxyl groups excluding tert-OH is 2. The van der Waals surface area contributed by atoms with Crippen molar-refractivity contribution in [2.75, 3.05) is 26.8 Å². The van der Waals surface area contributed by atoms with Crippen LogP contribution in [-0.2, 0) is 4.79 Å². The van der Waals surface area contributed by atoms with Gasteiger partial charge in [0.25, 0.3) is 0 Å². The van der Waals surface area contributed by atoms with Crippen LogP contribution in [0, 0.1) is 17.0 Å². The molecular formula is C15H19F2NO3. The first kappa shape index (κ1) is 17.3. The molecule has 116 valence electrons. The van der Waals surface area contributed by atoms with Crippen LogP contribution in [0.15, 0.2) is 24.3 Å². The molecule has 1 aromatic rings. The fourth-order valence-corrected chi connectivity index (χ4v) is 1.75. The van der Waals surface area contributed by atoms with Crippen molar-refractivity contribution in [1.82, 2.24) is 4.90 Å². The van der Waals surface area contributed by atoms with Crippen molar-refractivity contribution in [3.63, 3.8) is 0 Å². The van der Waals surface area contributed by atoms with Gasteiger partial charge in [-0.25, -0.2) is 8.78 Å². The Bertz CT molecular complexity index is 507. The van der Waals surface area contributed by atoms with Gasteiger partial charge in [-0.1, -0.05) is 13.0 Å². The summed E-state index contributed by atoms with van der Waals surface area (Å²) < 4.78 is 26.8. The molecule has 6 heteroatoms. The lowest BCUT2D eigenvalue weighted by molar-refractivity contribution is -0.126. The Labute approximate surface area is 122 Å². The number of amides is 1. The van der Waals surface area contributed by atoms with Crippen LogP contribution in [0.25, 0.3) is 6.08 Å². The SMILES string of the molecule is CN(CC(C)(CO)CO)C(=O)/C=C/c1c(F)cccc1F. The monoisotopic (exact) mass is 299 g/mol. The van der Waals surface area contributed by atoms with E-state index in [1.165, 1.54) is 18.0 Å². The second-order valence-electron chi connectivity index (χ2n) is 5.29. The van der Waals surface area contributed by atoms with Gasteiger partial charge in [0.15, 0.2) is 0 Å². The summed E-state index contributed by atoms with van der Waals surface area (Å²) in [5.74, 6) is -1.99. The molecule has 0 aliphatic rings. The van der Waals surface area contributed by atoms with Gasteiger partial charge in [0.1, 0.15) is 11.6 Å². The van der Waals surface area contributed by atoms with Crippen LogP contribution in [0.3, 0.4) is 0 Å². The molecule has 0 atom stereocenters. The molecule has 1 aromatic carbocycles. The van der Waals surface area contributed by atoms with Gasteiger partial charge < -0.3 is 15.1 Å². The van der Waals surface area contributed by atoms with E-state index in [1.807, 2.05) is 0 Å². The van der Waals surface area contributed by atoms with E-state index in [0.717, 1.165) is 24.3 Å². The summed E-state index contributed by atoms with van der Waals surface area (Å²) >= 11 is 0. The van der Waals surface area contributed by atoms with Crippen LogP contribution in [0.5, 0.6) is 0 Å². The molecule has 2 N–H and O–H groups in total. The average Bonchev–Trinajstić information content (AvgIpc) is 2.46. The molecular weight excluding hydrogens is 280 g/mol. The summed E-state index contributed by atoms with van der Waals surface area (Å²) in [6.07, 6.45) is 2.12. The van der Waals surface area contributed by atoms with Crippen molar-refractivity contribution in [3.8, 4) is 0 Å². The van der Waals surface area contributed by atoms with E-state index in [2.05, 4.69) is 0 Å². The number of hydrogen-bond donors (Lipinski definition) is 2. The molecule has 1 amide bonds. The molecule has 0 heterocycles. The van der Waals surface area contributed by atoms with Gasteiger partial charge in [0.05, 0.1) is 13.2 Å². The van der Waals surface area contributed by atoms with Crippen LogP contribution in [0.2, 0.25) is 0 Å². The highest BCUT2D eigenvalue weighted by Crippen LogP contribution is 2.17. The Morgan fingerprint density at radius 1 is 1.29 bits per heavy atom. The fraction of sp³-hybridized carbons (Fsp3) is 0.400. The van der Waals surface area contributed by atoms with E-state index in [4.69, 9.17) is 0 Å². The average molecular weight is 299 g/mol. The second kappa shape index (κ2) is 7.28. The Hall–Kier alpha value is -1.79. The topological polar surface area (TPSA) is 60.8 Å². The van der Waals surface area contributed by atoms with E-state index in [1.54, 1.807) is 6.92 Å². The number of aliphatic hydroxyl groups is 2. The third kappa shape index (κ3) is 4.61. The third-order valence-corrected chi connectivity index (χ3v) is 3.15. The minimum atomic E-state index is -0.832. The minimum Gasteiger partial charge on any atom is -0.396 e. The molecule has 0 radical (unpaired) electrons. The standard InChI is InChI=1S/C15H19F2NO3/c1-15(9-19,10-20)8-18(2)14(21)7-6-11-12(16)4-3-5-13(11)17/h3-7,19-20H,8-10H2,1-2H3/b7-6+. The number of halogens is 2. The summed E-state index contributed by atoms with van der Waals surface area (Å²) in [4.78, 5) is 13.1. The zero-order valence-corrected chi connectivity index (χ0v) is 12.0. The normalized spacial score (nSPS) is 11.9. The Morgan fingerprint density at radius 2 is 1.81 bits per heavy atom. The predicted octanol–water partition coefficient (Wildman–Crippen LogP) is 1.43. The van der Waals surface area contributed by atoms with Gasteiger partial charge in [-0.15, -0.1) is 0 Å². The molecule has 4 nitrogen and oxygen atoms in total. The van der Waals surface area contributed by atoms with Crippen LogP contribution in [0.4, 0.5) is 8.78 Å². The first-order valence-corrected chi connectivity index (χ1v) is 6.42. The van der Waals surface area contributed by atoms with E-state index in [9.17, 15) is 23.8 Å². The molecule has 0 fully saturated rings. The highest BCUT2D eigenvalue weighted by molar-refractivity contribution is 5.91. The molecule has 0 aliphatic heterocycles. The van der Waals surface area contributed by atoms with E-state index >= 15 is 0 Å². The van der Waals surface area contributed by atoms with Crippen molar-refractivity contribution in [2.45, 2.75) is 6.92 Å². The number of carbonyl (C=O) groups excluding carboxylic acids is 1. The molecule has 0 saturated carbocycles. The predicted molar refractivity (Wildman–Crippen MR) is 75.3 cm³/mol. The largest absolute Gasteiger partial charge is 0.396 e. The van der Waals surface area contributed by atoms with Gasteiger partial charge in [-0.3, -0.25) is 4.79 Å². The molecule has 1 rings (SSSR count). The van der Waals surface area contributed by atoms with Crippen molar-refractivity contribution in [1.29, 1.82) is 0 Å². The van der Waals surface area contributed by atoms with Gasteiger partial charge in [-0.05, 0) is 18.2 Å². The molecule has 21 heavy (non-hydrogen) atoms. The summed E-state index contributed by atoms with van der Waals surface area (Å²) in [6, 6.07) is 3.45. The second-order valence-corrected chi connectivity index (χ2v) is 5.29. The maximum Gasteiger partial charge on any atom is 0.246 e. The van der Waals surface area contributed by atoms with Crippen LogP contribution < -0.4 is 0 Å². The van der Waals surface area contributed by atoms with E-state index in [-0.39, 0.29) is 25.3 Å². The molecule has 0 unspecified atom stereocenters. The zero-order chi connectivity index (χ0) is 16.0. The van der Waals surface area contributed by atoms with E-state index in [0.29, 0.717) is 0 Å². The molecule has 0 spiro atoms. The third-order valence-electron chi connectivity index (χ3n) is 3.15. The van der Waals surface area contributed by atoms with Gasteiger partial charge in [-0.2, -0.15) is 0 Å². The molecule has 0 saturated heterocycles. The lowest BCUT2D eigenvalue weighted by Gasteiger charge is -2.29. The summed E-state index contributed by atoms with van der Waals surface area (Å²) in [5.41, 5.74) is -1.12. The summed E-state index contributed by atoms with van der Waals surface area (Å²) in [5, 5.41) is 18.4. The van der Waals surface area contributed by atoms with Crippen molar-refractivity contribution < 1.29 is 23.8 Å². The summed E-state index contributed by atoms with van der Waals surface area (Å²) in [6.45, 7) is 1.17. The lowest BCUT2D eigenvalue weighted by Crippen LogP contribution is -2.41. The number of benzene rings is 1. The zero-order valence-electron chi connectivity index (χ0n) is 12.0. The Kier molecular flexibility index (Phi) is 5.99. The minimum absolute atomic E-state index is 0.114. The molecule has 0 aromatic heterocycles. The first-order valence-electron chi connectivity index (χ1n) is 6.42.